The summed E-state index contributed by atoms with van der Waals surface area (Å²) in [4.78, 5) is 14.2. The number of hydrogen-bond acceptors (Lipinski definition) is 2. The summed E-state index contributed by atoms with van der Waals surface area (Å²) in [7, 11) is 4.19. The van der Waals surface area contributed by atoms with E-state index in [4.69, 9.17) is 0 Å². The lowest BCUT2D eigenvalue weighted by molar-refractivity contribution is 0.252. The van der Waals surface area contributed by atoms with Gasteiger partial charge in [-0.3, -0.25) is 0 Å². The lowest BCUT2D eigenvalue weighted by Crippen LogP contribution is -2.29. The Morgan fingerprint density at radius 2 is 1.67 bits per heavy atom. The van der Waals surface area contributed by atoms with Gasteiger partial charge in [0.1, 0.15) is 0 Å². The fourth-order valence-electron chi connectivity index (χ4n) is 2.61. The maximum atomic E-state index is 12.0. The number of carbonyl (C=O) groups is 1. The van der Waals surface area contributed by atoms with E-state index in [0.717, 1.165) is 42.4 Å². The Morgan fingerprint density at radius 1 is 0.958 bits per heavy atom. The van der Waals surface area contributed by atoms with Gasteiger partial charge in [0.25, 0.3) is 0 Å². The molecule has 132 valence electrons. The third-order valence-corrected chi connectivity index (χ3v) is 3.86. The zero-order chi connectivity index (χ0) is 16.5. The molecule has 5 heteroatoms. The normalized spacial score (nSPS) is 10.5. The lowest BCUT2D eigenvalue weighted by Gasteiger charge is -2.11. The van der Waals surface area contributed by atoms with Crippen LogP contribution < -0.4 is 10.6 Å². The van der Waals surface area contributed by atoms with Crippen molar-refractivity contribution < 1.29 is 4.79 Å². The molecule has 0 saturated heterocycles. The summed E-state index contributed by atoms with van der Waals surface area (Å²) in [6.45, 7) is 1.85. The Balaban J connectivity index is 0.00000288. The molecule has 0 atom stereocenters. The molecule has 0 bridgehead atoms. The molecule has 2 aromatic carbocycles. The number of fused-ring (bicyclic) bond motifs is 1. The molecule has 0 aromatic heterocycles. The Hall–Kier alpha value is -1.78. The van der Waals surface area contributed by atoms with Crippen molar-refractivity contribution >= 4 is 34.9 Å². The van der Waals surface area contributed by atoms with E-state index in [-0.39, 0.29) is 18.4 Å². The number of benzene rings is 2. The average Bonchev–Trinajstić information content (AvgIpc) is 2.54. The van der Waals surface area contributed by atoms with Crippen LogP contribution in [-0.2, 0) is 0 Å². The van der Waals surface area contributed by atoms with Crippen LogP contribution in [0.5, 0.6) is 0 Å². The SMILES string of the molecule is CN(C)CCCCCCNC(=O)Nc1cccc2ccccc12.Cl. The fourth-order valence-corrected chi connectivity index (χ4v) is 2.61. The molecule has 0 spiro atoms. The van der Waals surface area contributed by atoms with E-state index in [1.807, 2.05) is 42.5 Å². The molecule has 0 radical (unpaired) electrons. The molecule has 0 heterocycles. The topological polar surface area (TPSA) is 44.4 Å². The standard InChI is InChI=1S/C19H27N3O.ClH/c1-22(2)15-8-4-3-7-14-20-19(23)21-18-13-9-11-16-10-5-6-12-17(16)18;/h5-6,9-13H,3-4,7-8,14-15H2,1-2H3,(H2,20,21,23);1H. The number of nitrogens with one attached hydrogen (secondary N) is 2. The van der Waals surface area contributed by atoms with E-state index in [9.17, 15) is 4.79 Å². The van der Waals surface area contributed by atoms with Crippen LogP contribution in [0, 0.1) is 0 Å². The third-order valence-electron chi connectivity index (χ3n) is 3.86. The summed E-state index contributed by atoms with van der Waals surface area (Å²) in [6, 6.07) is 13.9. The number of rotatable bonds is 8. The van der Waals surface area contributed by atoms with Crippen LogP contribution in [0.1, 0.15) is 25.7 Å². The van der Waals surface area contributed by atoms with Crippen molar-refractivity contribution in [3.8, 4) is 0 Å². The smallest absolute Gasteiger partial charge is 0.319 e. The second kappa shape index (κ2) is 10.9. The Kier molecular flexibility index (Phi) is 9.20. The first-order valence-electron chi connectivity index (χ1n) is 8.34. The number of carbonyl (C=O) groups excluding carboxylic acids is 1. The van der Waals surface area contributed by atoms with Gasteiger partial charge in [0.2, 0.25) is 0 Å². The van der Waals surface area contributed by atoms with Gasteiger partial charge in [-0.2, -0.15) is 0 Å². The summed E-state index contributed by atoms with van der Waals surface area (Å²) < 4.78 is 0. The van der Waals surface area contributed by atoms with Crippen LogP contribution in [0.3, 0.4) is 0 Å². The van der Waals surface area contributed by atoms with Crippen molar-refractivity contribution in [1.29, 1.82) is 0 Å². The largest absolute Gasteiger partial charge is 0.338 e. The van der Waals surface area contributed by atoms with Crippen molar-refractivity contribution in [2.45, 2.75) is 25.7 Å². The maximum absolute atomic E-state index is 12.0. The van der Waals surface area contributed by atoms with Crippen molar-refractivity contribution in [1.82, 2.24) is 10.2 Å². The minimum absolute atomic E-state index is 0. The predicted octanol–water partition coefficient (Wildman–Crippen LogP) is 4.51. The molecule has 4 nitrogen and oxygen atoms in total. The number of urea groups is 1. The summed E-state index contributed by atoms with van der Waals surface area (Å²) in [5.41, 5.74) is 0.853. The monoisotopic (exact) mass is 349 g/mol. The van der Waals surface area contributed by atoms with Gasteiger partial charge >= 0.3 is 6.03 Å². The van der Waals surface area contributed by atoms with Gasteiger partial charge in [-0.25, -0.2) is 4.79 Å². The van der Waals surface area contributed by atoms with Crippen LogP contribution in [0.15, 0.2) is 42.5 Å². The van der Waals surface area contributed by atoms with Crippen molar-refractivity contribution in [3.05, 3.63) is 42.5 Å². The lowest BCUT2D eigenvalue weighted by atomic mass is 10.1. The summed E-state index contributed by atoms with van der Waals surface area (Å²) in [5, 5.41) is 8.07. The van der Waals surface area contributed by atoms with E-state index < -0.39 is 0 Å². The molecular formula is C19H28ClN3O. The summed E-state index contributed by atoms with van der Waals surface area (Å²) in [6.07, 6.45) is 4.61. The van der Waals surface area contributed by atoms with Gasteiger partial charge in [0.15, 0.2) is 0 Å². The third kappa shape index (κ3) is 6.77. The zero-order valence-corrected chi connectivity index (χ0v) is 15.4. The molecule has 2 rings (SSSR count). The van der Waals surface area contributed by atoms with Crippen LogP contribution in [0.25, 0.3) is 10.8 Å². The molecule has 2 aromatic rings. The number of unbranched alkanes of at least 4 members (excludes halogenated alkanes) is 3. The Morgan fingerprint density at radius 3 is 2.46 bits per heavy atom. The average molecular weight is 350 g/mol. The zero-order valence-electron chi connectivity index (χ0n) is 14.5. The fraction of sp³-hybridized carbons (Fsp3) is 0.421. The first-order valence-corrected chi connectivity index (χ1v) is 8.34. The molecule has 0 fully saturated rings. The van der Waals surface area contributed by atoms with E-state index in [0.29, 0.717) is 0 Å². The first-order chi connectivity index (χ1) is 11.2. The van der Waals surface area contributed by atoms with E-state index in [2.05, 4.69) is 29.6 Å². The van der Waals surface area contributed by atoms with Crippen LogP contribution in [0.2, 0.25) is 0 Å². The van der Waals surface area contributed by atoms with Gasteiger partial charge in [-0.1, -0.05) is 49.2 Å². The van der Waals surface area contributed by atoms with Gasteiger partial charge < -0.3 is 15.5 Å². The predicted molar refractivity (Wildman–Crippen MR) is 105 cm³/mol. The highest BCUT2D eigenvalue weighted by Crippen LogP contribution is 2.22. The number of hydrogen-bond donors (Lipinski definition) is 2. The Labute approximate surface area is 151 Å². The summed E-state index contributed by atoms with van der Waals surface area (Å²) >= 11 is 0. The number of nitrogens with zero attached hydrogens (tertiary/aromatic N) is 1. The molecular weight excluding hydrogens is 322 g/mol. The van der Waals surface area contributed by atoms with Crippen LogP contribution in [0.4, 0.5) is 10.5 Å². The van der Waals surface area contributed by atoms with E-state index in [1.165, 1.54) is 12.8 Å². The Bertz CT molecular complexity index is 626. The van der Waals surface area contributed by atoms with Crippen molar-refractivity contribution in [2.75, 3.05) is 32.5 Å². The maximum Gasteiger partial charge on any atom is 0.319 e. The van der Waals surface area contributed by atoms with Gasteiger partial charge in [0, 0.05) is 11.9 Å². The highest BCUT2D eigenvalue weighted by molar-refractivity contribution is 6.01. The molecule has 0 unspecified atom stereocenters. The first kappa shape index (κ1) is 20.3. The quantitative estimate of drug-likeness (QED) is 0.689. The van der Waals surface area contributed by atoms with Crippen LogP contribution in [-0.4, -0.2) is 38.1 Å². The van der Waals surface area contributed by atoms with Gasteiger partial charge in [-0.15, -0.1) is 12.4 Å². The second-order valence-corrected chi connectivity index (χ2v) is 6.13. The molecule has 24 heavy (non-hydrogen) atoms. The van der Waals surface area contributed by atoms with Gasteiger partial charge in [-0.05, 0) is 44.9 Å². The molecule has 0 aliphatic rings. The van der Waals surface area contributed by atoms with Gasteiger partial charge in [0.05, 0.1) is 5.69 Å². The molecule has 2 amide bonds. The second-order valence-electron chi connectivity index (χ2n) is 6.13. The number of anilines is 1. The molecule has 2 N–H and O–H groups in total. The minimum atomic E-state index is -0.130. The van der Waals surface area contributed by atoms with Crippen molar-refractivity contribution in [2.24, 2.45) is 0 Å². The van der Waals surface area contributed by atoms with E-state index >= 15 is 0 Å². The summed E-state index contributed by atoms with van der Waals surface area (Å²) in [5.74, 6) is 0. The molecule has 0 aliphatic heterocycles. The highest BCUT2D eigenvalue weighted by atomic mass is 35.5. The van der Waals surface area contributed by atoms with Crippen molar-refractivity contribution in [3.63, 3.8) is 0 Å². The highest BCUT2D eigenvalue weighted by Gasteiger charge is 2.04. The van der Waals surface area contributed by atoms with E-state index in [1.54, 1.807) is 0 Å². The number of amides is 2. The number of halogens is 1. The van der Waals surface area contributed by atoms with Crippen LogP contribution >= 0.6 is 12.4 Å². The molecule has 0 saturated carbocycles. The molecule has 0 aliphatic carbocycles. The minimum Gasteiger partial charge on any atom is -0.338 e.